The maximum Gasteiger partial charge on any atom is 0.239 e. The molecular weight excluding hydrogens is 485 g/mol. The Balaban J connectivity index is 0.00000280. The first-order valence-corrected chi connectivity index (χ1v) is 11.0. The standard InChI is InChI=1S/C20H33N5OS.HI/c1-16(18-7-6-14-27-18)15-22-20(21-3)25-12-10-23(11-13-25)17(2)19(26)24-8-4-5-9-24;/h6-7,14,16-17H,4-5,8-13,15H2,1-3H3,(H,21,22);1H. The van der Waals surface area contributed by atoms with Crippen LogP contribution in [-0.2, 0) is 4.79 Å². The third-order valence-corrected chi connectivity index (χ3v) is 6.85. The molecule has 2 saturated heterocycles. The number of thiophene rings is 1. The Morgan fingerprint density at radius 3 is 2.39 bits per heavy atom. The van der Waals surface area contributed by atoms with E-state index in [9.17, 15) is 4.79 Å². The lowest BCUT2D eigenvalue weighted by Gasteiger charge is -2.39. The number of nitrogens with one attached hydrogen (secondary N) is 1. The van der Waals surface area contributed by atoms with Crippen LogP contribution in [0.4, 0.5) is 0 Å². The zero-order valence-electron chi connectivity index (χ0n) is 17.3. The number of guanidine groups is 1. The van der Waals surface area contributed by atoms with E-state index in [-0.39, 0.29) is 30.0 Å². The van der Waals surface area contributed by atoms with Crippen LogP contribution in [0.15, 0.2) is 22.5 Å². The molecule has 2 unspecified atom stereocenters. The summed E-state index contributed by atoms with van der Waals surface area (Å²) in [7, 11) is 1.85. The molecule has 1 amide bonds. The van der Waals surface area contributed by atoms with Gasteiger partial charge in [-0.25, -0.2) is 0 Å². The smallest absolute Gasteiger partial charge is 0.239 e. The number of hydrogen-bond acceptors (Lipinski definition) is 4. The molecule has 3 rings (SSSR count). The average molecular weight is 519 g/mol. The monoisotopic (exact) mass is 519 g/mol. The molecule has 1 aromatic rings. The second kappa shape index (κ2) is 11.3. The van der Waals surface area contributed by atoms with Gasteiger partial charge in [0.2, 0.25) is 5.91 Å². The fourth-order valence-electron chi connectivity index (χ4n) is 3.93. The molecule has 2 aliphatic heterocycles. The normalized spacial score (nSPS) is 20.6. The first-order chi connectivity index (χ1) is 13.1. The number of hydrogen-bond donors (Lipinski definition) is 1. The van der Waals surface area contributed by atoms with Crippen LogP contribution in [0.3, 0.4) is 0 Å². The summed E-state index contributed by atoms with van der Waals surface area (Å²) in [5, 5.41) is 5.66. The molecule has 28 heavy (non-hydrogen) atoms. The Hall–Kier alpha value is -0.870. The van der Waals surface area contributed by atoms with Crippen molar-refractivity contribution >= 4 is 47.2 Å². The molecule has 0 spiro atoms. The molecule has 0 radical (unpaired) electrons. The number of nitrogens with zero attached hydrogens (tertiary/aromatic N) is 4. The number of aliphatic imine (C=N–C) groups is 1. The van der Waals surface area contributed by atoms with Crippen LogP contribution in [0.5, 0.6) is 0 Å². The van der Waals surface area contributed by atoms with Crippen molar-refractivity contribution in [3.05, 3.63) is 22.4 Å². The third kappa shape index (κ3) is 5.82. The van der Waals surface area contributed by atoms with Gasteiger partial charge in [0.15, 0.2) is 5.96 Å². The van der Waals surface area contributed by atoms with Crippen molar-refractivity contribution in [3.63, 3.8) is 0 Å². The zero-order valence-corrected chi connectivity index (χ0v) is 20.4. The van der Waals surface area contributed by atoms with Gasteiger partial charge in [0.25, 0.3) is 0 Å². The topological polar surface area (TPSA) is 51.2 Å². The lowest BCUT2D eigenvalue weighted by molar-refractivity contribution is -0.135. The maximum atomic E-state index is 12.6. The number of carbonyl (C=O) groups is 1. The van der Waals surface area contributed by atoms with E-state index in [0.29, 0.717) is 11.8 Å². The quantitative estimate of drug-likeness (QED) is 0.370. The van der Waals surface area contributed by atoms with Gasteiger partial charge in [0, 0.05) is 63.7 Å². The number of carbonyl (C=O) groups excluding carboxylic acids is 1. The van der Waals surface area contributed by atoms with Crippen LogP contribution in [0.2, 0.25) is 0 Å². The third-order valence-electron chi connectivity index (χ3n) is 5.74. The van der Waals surface area contributed by atoms with Crippen molar-refractivity contribution in [2.45, 2.75) is 38.6 Å². The Kier molecular flexibility index (Phi) is 9.49. The number of halogens is 1. The van der Waals surface area contributed by atoms with E-state index < -0.39 is 0 Å². The van der Waals surface area contributed by atoms with E-state index in [1.54, 1.807) is 11.3 Å². The molecule has 158 valence electrons. The summed E-state index contributed by atoms with van der Waals surface area (Å²) in [6.07, 6.45) is 2.30. The van der Waals surface area contributed by atoms with Gasteiger partial charge in [-0.3, -0.25) is 14.7 Å². The Morgan fingerprint density at radius 1 is 1.14 bits per heavy atom. The van der Waals surface area contributed by atoms with Crippen molar-refractivity contribution in [3.8, 4) is 0 Å². The number of rotatable bonds is 5. The van der Waals surface area contributed by atoms with Crippen LogP contribution < -0.4 is 5.32 Å². The highest BCUT2D eigenvalue weighted by Crippen LogP contribution is 2.20. The first kappa shape index (κ1) is 23.4. The Bertz CT molecular complexity index is 625. The Labute approximate surface area is 190 Å². The van der Waals surface area contributed by atoms with Gasteiger partial charge >= 0.3 is 0 Å². The summed E-state index contributed by atoms with van der Waals surface area (Å²) in [5.74, 6) is 1.74. The van der Waals surface area contributed by atoms with Crippen LogP contribution in [0.1, 0.15) is 37.5 Å². The first-order valence-electron chi connectivity index (χ1n) is 10.1. The summed E-state index contributed by atoms with van der Waals surface area (Å²) in [5.41, 5.74) is 0. The fourth-order valence-corrected chi connectivity index (χ4v) is 4.71. The van der Waals surface area contributed by atoms with Gasteiger partial charge in [0.1, 0.15) is 0 Å². The molecule has 1 aromatic heterocycles. The van der Waals surface area contributed by atoms with Gasteiger partial charge in [-0.05, 0) is 31.2 Å². The van der Waals surface area contributed by atoms with Crippen molar-refractivity contribution in [1.29, 1.82) is 0 Å². The highest BCUT2D eigenvalue weighted by Gasteiger charge is 2.30. The molecule has 0 aromatic carbocycles. The number of amides is 1. The lowest BCUT2D eigenvalue weighted by Crippen LogP contribution is -2.57. The van der Waals surface area contributed by atoms with E-state index in [4.69, 9.17) is 0 Å². The summed E-state index contributed by atoms with van der Waals surface area (Å²) < 4.78 is 0. The highest BCUT2D eigenvalue weighted by atomic mass is 127. The molecule has 1 N–H and O–H groups in total. The SMILES string of the molecule is CN=C(NCC(C)c1cccs1)N1CCN(C(C)C(=O)N2CCCC2)CC1.I. The van der Waals surface area contributed by atoms with Crippen molar-refractivity contribution in [2.24, 2.45) is 4.99 Å². The van der Waals surface area contributed by atoms with E-state index >= 15 is 0 Å². The van der Waals surface area contributed by atoms with Crippen LogP contribution in [0.25, 0.3) is 0 Å². The second-order valence-electron chi connectivity index (χ2n) is 7.58. The predicted octanol–water partition coefficient (Wildman–Crippen LogP) is 2.67. The molecule has 2 fully saturated rings. The van der Waals surface area contributed by atoms with E-state index in [1.165, 1.54) is 4.88 Å². The summed E-state index contributed by atoms with van der Waals surface area (Å²) >= 11 is 1.81. The molecular formula is C20H34IN5OS. The number of piperazine rings is 1. The second-order valence-corrected chi connectivity index (χ2v) is 8.56. The molecule has 2 aliphatic rings. The summed E-state index contributed by atoms with van der Waals surface area (Å²) in [6.45, 7) is 10.7. The molecule has 6 nitrogen and oxygen atoms in total. The van der Waals surface area contributed by atoms with Crippen molar-refractivity contribution < 1.29 is 4.79 Å². The van der Waals surface area contributed by atoms with Gasteiger partial charge < -0.3 is 15.1 Å². The van der Waals surface area contributed by atoms with E-state index in [0.717, 1.165) is 64.6 Å². The van der Waals surface area contributed by atoms with Crippen LogP contribution >= 0.6 is 35.3 Å². The lowest BCUT2D eigenvalue weighted by atomic mass is 10.1. The fraction of sp³-hybridized carbons (Fsp3) is 0.700. The van der Waals surface area contributed by atoms with E-state index in [1.807, 2.05) is 11.9 Å². The van der Waals surface area contributed by atoms with Gasteiger partial charge in [-0.1, -0.05) is 13.0 Å². The van der Waals surface area contributed by atoms with Crippen LogP contribution in [0, 0.1) is 0 Å². The molecule has 0 saturated carbocycles. The minimum Gasteiger partial charge on any atom is -0.356 e. The molecule has 8 heteroatoms. The highest BCUT2D eigenvalue weighted by molar-refractivity contribution is 14.0. The summed E-state index contributed by atoms with van der Waals surface area (Å²) in [6, 6.07) is 4.28. The van der Waals surface area contributed by atoms with Crippen LogP contribution in [-0.4, -0.2) is 85.5 Å². The van der Waals surface area contributed by atoms with Gasteiger partial charge in [0.05, 0.1) is 6.04 Å². The Morgan fingerprint density at radius 2 is 1.82 bits per heavy atom. The molecule has 3 heterocycles. The number of likely N-dealkylation sites (tertiary alicyclic amines) is 1. The predicted molar refractivity (Wildman–Crippen MR) is 128 cm³/mol. The average Bonchev–Trinajstić information content (AvgIpc) is 3.41. The molecule has 2 atom stereocenters. The van der Waals surface area contributed by atoms with Gasteiger partial charge in [-0.15, -0.1) is 35.3 Å². The van der Waals surface area contributed by atoms with Gasteiger partial charge in [-0.2, -0.15) is 0 Å². The zero-order chi connectivity index (χ0) is 19.2. The van der Waals surface area contributed by atoms with Crippen molar-refractivity contribution in [2.75, 3.05) is 52.9 Å². The minimum atomic E-state index is -0.0147. The molecule has 0 aliphatic carbocycles. The van der Waals surface area contributed by atoms with E-state index in [2.05, 4.69) is 51.5 Å². The minimum absolute atomic E-state index is 0. The molecule has 0 bridgehead atoms. The van der Waals surface area contributed by atoms with Crippen molar-refractivity contribution in [1.82, 2.24) is 20.0 Å². The maximum absolute atomic E-state index is 12.6. The largest absolute Gasteiger partial charge is 0.356 e. The summed E-state index contributed by atoms with van der Waals surface area (Å²) in [4.78, 5) is 25.2.